The molecule has 4 atom stereocenters. The van der Waals surface area contributed by atoms with Gasteiger partial charge in [-0.3, -0.25) is 39.7 Å². The molecule has 1 aliphatic carbocycles. The average molecular weight is 732 g/mol. The molecule has 16 nitrogen and oxygen atoms in total. The summed E-state index contributed by atoms with van der Waals surface area (Å²) in [5, 5.41) is 48.0. The lowest BCUT2D eigenvalue weighted by Crippen LogP contribution is -2.53. The second-order valence-corrected chi connectivity index (χ2v) is 15.6. The smallest absolute Gasteiger partial charge is 0.317 e. The number of nitrogens with one attached hydrogen (secondary N) is 3. The van der Waals surface area contributed by atoms with Gasteiger partial charge in [0.1, 0.15) is 0 Å². The van der Waals surface area contributed by atoms with Crippen LogP contribution in [0.2, 0.25) is 0 Å². The Bertz CT molecular complexity index is 1030. The zero-order valence-corrected chi connectivity index (χ0v) is 30.3. The Morgan fingerprint density at radius 1 is 0.820 bits per heavy atom. The van der Waals surface area contributed by atoms with Crippen molar-refractivity contribution in [1.82, 2.24) is 35.6 Å². The van der Waals surface area contributed by atoms with Crippen molar-refractivity contribution >= 4 is 29.7 Å². The third-order valence-electron chi connectivity index (χ3n) is 10.8. The number of unbranched alkanes of at least 4 members (excludes halogenated alkanes) is 2. The van der Waals surface area contributed by atoms with Gasteiger partial charge in [0.05, 0.1) is 38.4 Å². The third-order valence-corrected chi connectivity index (χ3v) is 12.3. The Kier molecular flexibility index (Phi) is 18.3. The van der Waals surface area contributed by atoms with E-state index in [2.05, 4.69) is 35.5 Å². The summed E-state index contributed by atoms with van der Waals surface area (Å²) in [7, 11) is 0. The number of hydrogen-bond acceptors (Lipinski definition) is 13. The van der Waals surface area contributed by atoms with Gasteiger partial charge in [-0.2, -0.15) is 11.8 Å². The van der Waals surface area contributed by atoms with Crippen molar-refractivity contribution in [2.75, 3.05) is 97.5 Å². The van der Waals surface area contributed by atoms with E-state index in [9.17, 15) is 24.6 Å². The predicted octanol–water partition coefficient (Wildman–Crippen LogP) is 0.989. The fourth-order valence-electron chi connectivity index (χ4n) is 8.06. The fourth-order valence-corrected chi connectivity index (χ4v) is 9.60. The Hall–Kier alpha value is -1.80. The summed E-state index contributed by atoms with van der Waals surface area (Å²) in [5.41, 5.74) is 0. The van der Waals surface area contributed by atoms with Crippen molar-refractivity contribution in [3.05, 3.63) is 0 Å². The molecule has 4 rings (SSSR count). The zero-order valence-electron chi connectivity index (χ0n) is 29.5. The van der Waals surface area contributed by atoms with Crippen LogP contribution >= 0.6 is 11.8 Å². The highest BCUT2D eigenvalue weighted by Gasteiger charge is 2.42. The molecule has 288 valence electrons. The molecule has 0 spiro atoms. The molecule has 4 aliphatic rings. The largest absolute Gasteiger partial charge is 0.480 e. The molecule has 0 radical (unpaired) electrons. The van der Waals surface area contributed by atoms with Crippen LogP contribution in [0.5, 0.6) is 0 Å². The van der Waals surface area contributed by atoms with Crippen LogP contribution in [0, 0.1) is 5.92 Å². The number of carboxylic acid groups (broad SMARTS) is 2. The summed E-state index contributed by atoms with van der Waals surface area (Å²) in [5.74, 6) is -0.408. The molecule has 0 aromatic heterocycles. The first kappa shape index (κ1) is 41.0. The molecular weight excluding hydrogens is 670 g/mol. The summed E-state index contributed by atoms with van der Waals surface area (Å²) >= 11 is 1.97. The topological polar surface area (TPSA) is 200 Å². The van der Waals surface area contributed by atoms with E-state index in [-0.39, 0.29) is 50.5 Å². The molecule has 3 saturated heterocycles. The number of thioether (sulfide) groups is 1. The fraction of sp³-hybridized carbons (Fsp3) is 0.909. The van der Waals surface area contributed by atoms with E-state index in [1.807, 2.05) is 21.6 Å². The molecule has 0 aromatic carbocycles. The molecule has 2 amide bonds. The number of urea groups is 1. The van der Waals surface area contributed by atoms with Crippen LogP contribution < -0.4 is 16.0 Å². The molecule has 1 saturated carbocycles. The van der Waals surface area contributed by atoms with Crippen molar-refractivity contribution in [3.8, 4) is 0 Å². The van der Waals surface area contributed by atoms with Crippen molar-refractivity contribution < 1.29 is 44.9 Å². The van der Waals surface area contributed by atoms with Crippen molar-refractivity contribution in [3.63, 3.8) is 0 Å². The summed E-state index contributed by atoms with van der Waals surface area (Å²) < 4.78 is 0. The van der Waals surface area contributed by atoms with Crippen molar-refractivity contribution in [1.29, 1.82) is 0 Å². The van der Waals surface area contributed by atoms with E-state index in [1.165, 1.54) is 12.8 Å². The van der Waals surface area contributed by atoms with E-state index in [0.717, 1.165) is 57.2 Å². The van der Waals surface area contributed by atoms with E-state index in [0.29, 0.717) is 76.1 Å². The Morgan fingerprint density at radius 3 is 2.10 bits per heavy atom. The Labute approximate surface area is 300 Å². The molecule has 0 aromatic rings. The first-order chi connectivity index (χ1) is 24.2. The second-order valence-electron chi connectivity index (χ2n) is 14.4. The number of carboxylic acids is 2. The number of amides is 2. The Balaban J connectivity index is 1.28. The second kappa shape index (κ2) is 22.3. The van der Waals surface area contributed by atoms with Gasteiger partial charge in [-0.15, -0.1) is 0 Å². The van der Waals surface area contributed by atoms with Gasteiger partial charge in [-0.05, 0) is 57.4 Å². The minimum Gasteiger partial charge on any atom is -0.480 e. The van der Waals surface area contributed by atoms with Crippen LogP contribution in [0.1, 0.15) is 57.8 Å². The Morgan fingerprint density at radius 2 is 1.46 bits per heavy atom. The molecular formula is C33H61N7O9S. The zero-order chi connectivity index (χ0) is 35.7. The number of aliphatic carboxylic acids is 2. The van der Waals surface area contributed by atoms with Crippen LogP contribution in [0.15, 0.2) is 0 Å². The minimum absolute atomic E-state index is 0.0283. The van der Waals surface area contributed by atoms with Gasteiger partial charge in [0.25, 0.3) is 0 Å². The van der Waals surface area contributed by atoms with Gasteiger partial charge in [0.15, 0.2) is 0 Å². The van der Waals surface area contributed by atoms with Crippen LogP contribution in [-0.2, 0) is 19.4 Å². The number of carbonyl (C=O) groups excluding carboxylic acids is 1. The van der Waals surface area contributed by atoms with E-state index < -0.39 is 11.9 Å². The lowest BCUT2D eigenvalue weighted by molar-refractivity contribution is -0.245. The summed E-state index contributed by atoms with van der Waals surface area (Å²) in [6.45, 7) is 5.79. The summed E-state index contributed by atoms with van der Waals surface area (Å²) in [4.78, 5) is 52.5. The lowest BCUT2D eigenvalue weighted by Gasteiger charge is -2.40. The van der Waals surface area contributed by atoms with Gasteiger partial charge in [0, 0.05) is 82.0 Å². The first-order valence-electron chi connectivity index (χ1n) is 18.5. The third kappa shape index (κ3) is 14.3. The van der Waals surface area contributed by atoms with E-state index in [4.69, 9.17) is 10.5 Å². The van der Waals surface area contributed by atoms with Gasteiger partial charge >= 0.3 is 18.0 Å². The number of fused-ring (bicyclic) bond motifs is 1. The van der Waals surface area contributed by atoms with Gasteiger partial charge < -0.3 is 26.2 Å². The van der Waals surface area contributed by atoms with Crippen LogP contribution in [0.25, 0.3) is 0 Å². The first-order valence-corrected chi connectivity index (χ1v) is 19.6. The normalized spacial score (nSPS) is 29.5. The standard InChI is InChI=1S/C33H61N7O9S/c41-30(42)22-39-13-12-37(16-18-48-46)10-11-38(17-19-49-47)14-15-40(23-31(43)44)27(21-39)20-25-5-7-26(8-6-25)34-9-3-1-2-4-29-32-28(24-50-29)35-33(45)36-32/h25-29,32,34,46-47H,1-24H2,(H,41,42)(H,43,44)(H2,35,36,45). The maximum atomic E-state index is 12.1. The SMILES string of the molecule is O=C(O)CN1CCN(CCOO)CCN(CCOO)CCN(CC(=O)O)C(CC2CCC(NCCCCCC3SCC4NC(=O)NC43)CC2)C1. The van der Waals surface area contributed by atoms with E-state index >= 15 is 0 Å². The maximum Gasteiger partial charge on any atom is 0.317 e. The van der Waals surface area contributed by atoms with Crippen LogP contribution in [0.4, 0.5) is 4.79 Å². The number of nitrogens with zero attached hydrogens (tertiary/aromatic N) is 4. The highest BCUT2D eigenvalue weighted by Crippen LogP contribution is 2.33. The van der Waals surface area contributed by atoms with Crippen LogP contribution in [0.3, 0.4) is 0 Å². The molecule has 7 N–H and O–H groups in total. The highest BCUT2D eigenvalue weighted by molar-refractivity contribution is 8.00. The van der Waals surface area contributed by atoms with Gasteiger partial charge in [0.2, 0.25) is 0 Å². The highest BCUT2D eigenvalue weighted by atomic mass is 32.2. The maximum absolute atomic E-state index is 12.1. The molecule has 4 fully saturated rings. The number of hydrogen-bond donors (Lipinski definition) is 7. The summed E-state index contributed by atoms with van der Waals surface area (Å²) in [6, 6.07) is 0.864. The average Bonchev–Trinajstić information content (AvgIpc) is 3.64. The van der Waals surface area contributed by atoms with Crippen molar-refractivity contribution in [2.24, 2.45) is 5.92 Å². The molecule has 3 heterocycles. The number of rotatable bonds is 19. The molecule has 4 unspecified atom stereocenters. The monoisotopic (exact) mass is 731 g/mol. The lowest BCUT2D eigenvalue weighted by atomic mass is 9.82. The molecule has 17 heteroatoms. The quantitative estimate of drug-likeness (QED) is 0.0429. The van der Waals surface area contributed by atoms with Crippen LogP contribution in [-0.4, -0.2) is 185 Å². The van der Waals surface area contributed by atoms with Gasteiger partial charge in [-0.25, -0.2) is 14.6 Å². The minimum atomic E-state index is -0.918. The van der Waals surface area contributed by atoms with Gasteiger partial charge in [-0.1, -0.05) is 12.8 Å². The van der Waals surface area contributed by atoms with Crippen molar-refractivity contribution in [2.45, 2.75) is 87.2 Å². The summed E-state index contributed by atoms with van der Waals surface area (Å²) in [6.07, 6.45) is 9.64. The predicted molar refractivity (Wildman–Crippen MR) is 189 cm³/mol. The molecule has 0 bridgehead atoms. The molecule has 50 heavy (non-hydrogen) atoms. The molecule has 3 aliphatic heterocycles. The number of carbonyl (C=O) groups is 3. The van der Waals surface area contributed by atoms with E-state index in [1.54, 1.807) is 0 Å².